The third-order valence-corrected chi connectivity index (χ3v) is 3.72. The second-order valence-corrected chi connectivity index (χ2v) is 5.62. The van der Waals surface area contributed by atoms with Gasteiger partial charge in [-0.15, -0.1) is 0 Å². The molecule has 0 aromatic heterocycles. The van der Waals surface area contributed by atoms with Gasteiger partial charge < -0.3 is 5.73 Å². The standard InChI is InChI=1S/C13H11BrFNS/c14-10-1-3-12(4-2-10)17-13-6-9(8-16)5-11(15)7-13/h1-7H,8,16H2. The molecule has 0 bridgehead atoms. The number of rotatable bonds is 3. The van der Waals surface area contributed by atoms with Gasteiger partial charge in [0.25, 0.3) is 0 Å². The van der Waals surface area contributed by atoms with Crippen LogP contribution in [0.15, 0.2) is 56.7 Å². The van der Waals surface area contributed by atoms with Crippen LogP contribution in [-0.2, 0) is 6.54 Å². The topological polar surface area (TPSA) is 26.0 Å². The molecule has 0 aliphatic carbocycles. The van der Waals surface area contributed by atoms with Crippen molar-refractivity contribution in [1.82, 2.24) is 0 Å². The molecule has 2 N–H and O–H groups in total. The zero-order chi connectivity index (χ0) is 12.3. The van der Waals surface area contributed by atoms with E-state index in [-0.39, 0.29) is 5.82 Å². The number of halogens is 2. The first-order valence-corrected chi connectivity index (χ1v) is 6.71. The minimum absolute atomic E-state index is 0.243. The Morgan fingerprint density at radius 3 is 2.41 bits per heavy atom. The Hall–Kier alpha value is -0.840. The maximum Gasteiger partial charge on any atom is 0.124 e. The first kappa shape index (κ1) is 12.6. The fourth-order valence-electron chi connectivity index (χ4n) is 1.44. The molecule has 2 rings (SSSR count). The first-order chi connectivity index (χ1) is 8.17. The van der Waals surface area contributed by atoms with Crippen LogP contribution >= 0.6 is 27.7 Å². The predicted molar refractivity (Wildman–Crippen MR) is 72.6 cm³/mol. The average Bonchev–Trinajstić information content (AvgIpc) is 2.31. The van der Waals surface area contributed by atoms with Crippen LogP contribution in [0.1, 0.15) is 5.56 Å². The molecule has 2 aromatic carbocycles. The molecule has 0 spiro atoms. The Morgan fingerprint density at radius 2 is 1.76 bits per heavy atom. The Kier molecular flexibility index (Phi) is 4.20. The van der Waals surface area contributed by atoms with E-state index in [2.05, 4.69) is 15.9 Å². The lowest BCUT2D eigenvalue weighted by molar-refractivity contribution is 0.621. The number of benzene rings is 2. The highest BCUT2D eigenvalue weighted by atomic mass is 79.9. The van der Waals surface area contributed by atoms with E-state index in [0.717, 1.165) is 19.8 Å². The summed E-state index contributed by atoms with van der Waals surface area (Å²) in [6.45, 7) is 0.353. The van der Waals surface area contributed by atoms with Gasteiger partial charge in [-0.1, -0.05) is 27.7 Å². The van der Waals surface area contributed by atoms with E-state index in [1.807, 2.05) is 30.3 Å². The summed E-state index contributed by atoms with van der Waals surface area (Å²) in [5.74, 6) is -0.243. The van der Waals surface area contributed by atoms with Gasteiger partial charge in [0.05, 0.1) is 0 Å². The van der Waals surface area contributed by atoms with E-state index in [0.29, 0.717) is 6.54 Å². The summed E-state index contributed by atoms with van der Waals surface area (Å²) in [6.07, 6.45) is 0. The van der Waals surface area contributed by atoms with Crippen molar-refractivity contribution in [3.63, 3.8) is 0 Å². The number of hydrogen-bond donors (Lipinski definition) is 1. The van der Waals surface area contributed by atoms with Gasteiger partial charge in [-0.2, -0.15) is 0 Å². The zero-order valence-corrected chi connectivity index (χ0v) is 11.4. The summed E-state index contributed by atoms with van der Waals surface area (Å²) < 4.78 is 14.3. The Morgan fingerprint density at radius 1 is 1.06 bits per heavy atom. The molecule has 0 aliphatic rings. The minimum atomic E-state index is -0.243. The molecule has 0 heterocycles. The van der Waals surface area contributed by atoms with E-state index in [9.17, 15) is 4.39 Å². The molecular formula is C13H11BrFNS. The number of hydrogen-bond acceptors (Lipinski definition) is 2. The van der Waals surface area contributed by atoms with E-state index in [4.69, 9.17) is 5.73 Å². The van der Waals surface area contributed by atoms with Crippen molar-refractivity contribution in [1.29, 1.82) is 0 Å². The average molecular weight is 312 g/mol. The maximum absolute atomic E-state index is 13.3. The van der Waals surface area contributed by atoms with Gasteiger partial charge >= 0.3 is 0 Å². The summed E-state index contributed by atoms with van der Waals surface area (Å²) in [7, 11) is 0. The predicted octanol–water partition coefficient (Wildman–Crippen LogP) is 4.20. The van der Waals surface area contributed by atoms with Gasteiger partial charge in [0.15, 0.2) is 0 Å². The molecule has 0 saturated heterocycles. The molecule has 0 atom stereocenters. The Labute approximate surface area is 112 Å². The van der Waals surface area contributed by atoms with Crippen molar-refractivity contribution >= 4 is 27.7 Å². The molecule has 0 aliphatic heterocycles. The lowest BCUT2D eigenvalue weighted by Crippen LogP contribution is -1.96. The SMILES string of the molecule is NCc1cc(F)cc(Sc2ccc(Br)cc2)c1. The van der Waals surface area contributed by atoms with Crippen molar-refractivity contribution in [3.05, 3.63) is 58.3 Å². The summed E-state index contributed by atoms with van der Waals surface area (Å²) in [5, 5.41) is 0. The molecule has 0 unspecified atom stereocenters. The monoisotopic (exact) mass is 311 g/mol. The molecule has 0 radical (unpaired) electrons. The first-order valence-electron chi connectivity index (χ1n) is 5.10. The molecule has 1 nitrogen and oxygen atoms in total. The van der Waals surface area contributed by atoms with Crippen LogP contribution in [0, 0.1) is 5.82 Å². The van der Waals surface area contributed by atoms with Gasteiger partial charge in [-0.25, -0.2) is 4.39 Å². The molecule has 0 saturated carbocycles. The van der Waals surface area contributed by atoms with E-state index in [1.165, 1.54) is 23.9 Å². The van der Waals surface area contributed by atoms with Crippen LogP contribution in [0.2, 0.25) is 0 Å². The molecule has 0 amide bonds. The molecule has 17 heavy (non-hydrogen) atoms. The molecule has 2 aromatic rings. The number of nitrogens with two attached hydrogens (primary N) is 1. The summed E-state index contributed by atoms with van der Waals surface area (Å²) >= 11 is 4.90. The van der Waals surface area contributed by atoms with Crippen LogP contribution < -0.4 is 5.73 Å². The van der Waals surface area contributed by atoms with Gasteiger partial charge in [0, 0.05) is 20.8 Å². The van der Waals surface area contributed by atoms with Gasteiger partial charge in [-0.05, 0) is 48.0 Å². The second-order valence-electron chi connectivity index (χ2n) is 3.56. The van der Waals surface area contributed by atoms with Crippen molar-refractivity contribution in [2.24, 2.45) is 5.73 Å². The smallest absolute Gasteiger partial charge is 0.124 e. The third kappa shape index (κ3) is 3.56. The van der Waals surface area contributed by atoms with Crippen LogP contribution in [0.5, 0.6) is 0 Å². The maximum atomic E-state index is 13.3. The van der Waals surface area contributed by atoms with Crippen LogP contribution in [0.25, 0.3) is 0 Å². The van der Waals surface area contributed by atoms with E-state index >= 15 is 0 Å². The van der Waals surface area contributed by atoms with Crippen molar-refractivity contribution in [3.8, 4) is 0 Å². The minimum Gasteiger partial charge on any atom is -0.326 e. The lowest BCUT2D eigenvalue weighted by Gasteiger charge is -2.04. The van der Waals surface area contributed by atoms with E-state index < -0.39 is 0 Å². The van der Waals surface area contributed by atoms with Gasteiger partial charge in [0.1, 0.15) is 5.82 Å². The largest absolute Gasteiger partial charge is 0.326 e. The third-order valence-electron chi connectivity index (χ3n) is 2.22. The van der Waals surface area contributed by atoms with Crippen LogP contribution in [-0.4, -0.2) is 0 Å². The molecule has 4 heteroatoms. The molecular weight excluding hydrogens is 301 g/mol. The van der Waals surface area contributed by atoms with Crippen LogP contribution in [0.3, 0.4) is 0 Å². The van der Waals surface area contributed by atoms with Gasteiger partial charge in [0.2, 0.25) is 0 Å². The highest BCUT2D eigenvalue weighted by molar-refractivity contribution is 9.10. The Balaban J connectivity index is 2.23. The summed E-state index contributed by atoms with van der Waals surface area (Å²) in [5.41, 5.74) is 6.33. The Bertz CT molecular complexity index is 513. The van der Waals surface area contributed by atoms with Crippen LogP contribution in [0.4, 0.5) is 4.39 Å². The molecule has 88 valence electrons. The van der Waals surface area contributed by atoms with Gasteiger partial charge in [-0.3, -0.25) is 0 Å². The second kappa shape index (κ2) is 5.67. The highest BCUT2D eigenvalue weighted by Gasteiger charge is 2.02. The highest BCUT2D eigenvalue weighted by Crippen LogP contribution is 2.29. The summed E-state index contributed by atoms with van der Waals surface area (Å²) in [4.78, 5) is 1.94. The lowest BCUT2D eigenvalue weighted by atomic mass is 10.2. The quantitative estimate of drug-likeness (QED) is 0.919. The molecule has 0 fully saturated rings. The van der Waals surface area contributed by atoms with E-state index in [1.54, 1.807) is 0 Å². The fraction of sp³-hybridized carbons (Fsp3) is 0.0769. The van der Waals surface area contributed by atoms with Crippen molar-refractivity contribution < 1.29 is 4.39 Å². The van der Waals surface area contributed by atoms with Crippen molar-refractivity contribution in [2.75, 3.05) is 0 Å². The zero-order valence-electron chi connectivity index (χ0n) is 8.99. The normalized spacial score (nSPS) is 10.5. The summed E-state index contributed by atoms with van der Waals surface area (Å²) in [6, 6.07) is 12.8. The fourth-order valence-corrected chi connectivity index (χ4v) is 2.63. The van der Waals surface area contributed by atoms with Crippen molar-refractivity contribution in [2.45, 2.75) is 16.3 Å².